The highest BCUT2D eigenvalue weighted by atomic mass is 16.5. The van der Waals surface area contributed by atoms with Crippen LogP contribution in [-0.2, 0) is 35.6 Å². The maximum absolute atomic E-state index is 13.1. The van der Waals surface area contributed by atoms with Gasteiger partial charge in [0.15, 0.2) is 5.82 Å². The van der Waals surface area contributed by atoms with Gasteiger partial charge in [-0.15, -0.1) is 5.10 Å². The van der Waals surface area contributed by atoms with Gasteiger partial charge < -0.3 is 14.1 Å². The Bertz CT molecular complexity index is 1360. The van der Waals surface area contributed by atoms with Crippen molar-refractivity contribution in [1.82, 2.24) is 30.1 Å². The van der Waals surface area contributed by atoms with Crippen molar-refractivity contribution in [3.8, 4) is 0 Å². The molecule has 3 heterocycles. The summed E-state index contributed by atoms with van der Waals surface area (Å²) in [6.07, 6.45) is 2.53. The smallest absolute Gasteiger partial charge is 0.327 e. The summed E-state index contributed by atoms with van der Waals surface area (Å²) in [7, 11) is 0. The van der Waals surface area contributed by atoms with E-state index in [1.807, 2.05) is 30.3 Å². The maximum Gasteiger partial charge on any atom is 0.327 e. The summed E-state index contributed by atoms with van der Waals surface area (Å²) in [6.45, 7) is 8.91. The Kier molecular flexibility index (Phi) is 7.94. The molecule has 0 bridgehead atoms. The number of H-pyrrole nitrogens is 1. The first kappa shape index (κ1) is 25.3. The number of carbonyl (C=O) groups excluding carboxylic acids is 1. The van der Waals surface area contributed by atoms with Crippen LogP contribution in [0.2, 0.25) is 0 Å². The van der Waals surface area contributed by atoms with Gasteiger partial charge in [0.1, 0.15) is 12.3 Å². The zero-order chi connectivity index (χ0) is 25.7. The van der Waals surface area contributed by atoms with Crippen LogP contribution in [0.15, 0.2) is 51.9 Å². The molecule has 4 rings (SSSR count). The molecule has 0 saturated carbocycles. The molecule has 0 radical (unpaired) electrons. The van der Waals surface area contributed by atoms with E-state index in [0.29, 0.717) is 24.5 Å². The zero-order valence-corrected chi connectivity index (χ0v) is 21.1. The van der Waals surface area contributed by atoms with Gasteiger partial charge in [-0.25, -0.2) is 4.68 Å². The highest BCUT2D eigenvalue weighted by Crippen LogP contribution is 2.30. The number of esters is 1. The Morgan fingerprint density at radius 3 is 2.72 bits per heavy atom. The summed E-state index contributed by atoms with van der Waals surface area (Å²) in [5, 5.41) is 13.1. The number of aromatic nitrogens is 5. The van der Waals surface area contributed by atoms with Crippen molar-refractivity contribution in [3.05, 3.63) is 75.7 Å². The molecule has 0 unspecified atom stereocenters. The van der Waals surface area contributed by atoms with Crippen molar-refractivity contribution >= 4 is 16.9 Å². The van der Waals surface area contributed by atoms with E-state index in [9.17, 15) is 9.59 Å². The zero-order valence-electron chi connectivity index (χ0n) is 21.1. The minimum atomic E-state index is -0.413. The number of ether oxygens (including phenoxy) is 1. The topological polar surface area (TPSA) is 119 Å². The third-order valence-corrected chi connectivity index (χ3v) is 6.14. The maximum atomic E-state index is 13.1. The molecule has 1 aromatic carbocycles. The molecule has 0 spiro atoms. The minimum absolute atomic E-state index is 0.0538. The number of aryl methyl sites for hydroxylation is 1. The lowest BCUT2D eigenvalue weighted by atomic mass is 10.00. The average Bonchev–Trinajstić information content (AvgIpc) is 3.52. The number of aromatic amines is 1. The summed E-state index contributed by atoms with van der Waals surface area (Å²) < 4.78 is 12.2. The van der Waals surface area contributed by atoms with Crippen LogP contribution in [0, 0.1) is 5.92 Å². The van der Waals surface area contributed by atoms with E-state index in [1.54, 1.807) is 13.2 Å². The molecule has 0 aliphatic carbocycles. The molecule has 1 atom stereocenters. The summed E-state index contributed by atoms with van der Waals surface area (Å²) in [6, 6.07) is 11.4. The van der Waals surface area contributed by atoms with E-state index >= 15 is 0 Å². The highest BCUT2D eigenvalue weighted by molar-refractivity contribution is 5.79. The first-order valence-corrected chi connectivity index (χ1v) is 12.2. The second kappa shape index (κ2) is 11.3. The number of fused-ring (bicyclic) bond motifs is 1. The molecule has 0 saturated heterocycles. The molecular weight excluding hydrogens is 460 g/mol. The largest absolute Gasteiger partial charge is 0.468 e. The Morgan fingerprint density at radius 1 is 1.19 bits per heavy atom. The Hall–Kier alpha value is -3.79. The van der Waals surface area contributed by atoms with Crippen molar-refractivity contribution in [2.45, 2.75) is 59.8 Å². The van der Waals surface area contributed by atoms with E-state index in [2.05, 4.69) is 52.2 Å². The number of hydrogen-bond acceptors (Lipinski definition) is 8. The number of hydrogen-bond donors (Lipinski definition) is 1. The number of carbonyl (C=O) groups is 1. The fraction of sp³-hybridized carbons (Fsp3) is 0.423. The van der Waals surface area contributed by atoms with Gasteiger partial charge >= 0.3 is 5.97 Å². The number of furan rings is 1. The van der Waals surface area contributed by atoms with E-state index < -0.39 is 5.97 Å². The standard InChI is InChI=1S/C26H32N6O4/c1-5-18-9-10-22-19(12-18)13-20(26(34)27-22)14-31(15-21-8-7-11-36-21)24(17(3)4)25-28-29-30-32(25)16-23(33)35-6-2/h7-13,17,24H,5-6,14-16H2,1-4H3,(H,27,34)/t24-/m0/s1. The monoisotopic (exact) mass is 492 g/mol. The van der Waals surface area contributed by atoms with Gasteiger partial charge in [-0.3, -0.25) is 14.5 Å². The van der Waals surface area contributed by atoms with Gasteiger partial charge in [-0.2, -0.15) is 0 Å². The third kappa shape index (κ3) is 5.71. The Balaban J connectivity index is 1.74. The molecule has 3 aromatic heterocycles. The minimum Gasteiger partial charge on any atom is -0.468 e. The Morgan fingerprint density at radius 2 is 2.03 bits per heavy atom. The summed E-state index contributed by atoms with van der Waals surface area (Å²) >= 11 is 0. The van der Waals surface area contributed by atoms with Crippen LogP contribution >= 0.6 is 0 Å². The average molecular weight is 493 g/mol. The molecule has 190 valence electrons. The van der Waals surface area contributed by atoms with Gasteiger partial charge in [0.2, 0.25) is 0 Å². The molecule has 4 aromatic rings. The molecule has 1 N–H and O–H groups in total. The van der Waals surface area contributed by atoms with E-state index in [-0.39, 0.29) is 30.7 Å². The second-order valence-electron chi connectivity index (χ2n) is 9.07. The normalized spacial score (nSPS) is 12.5. The molecule has 36 heavy (non-hydrogen) atoms. The van der Waals surface area contributed by atoms with Crippen LogP contribution in [-0.4, -0.2) is 42.7 Å². The summed E-state index contributed by atoms with van der Waals surface area (Å²) in [5.41, 5.74) is 2.48. The van der Waals surface area contributed by atoms with Crippen molar-refractivity contribution in [2.24, 2.45) is 5.92 Å². The molecular formula is C26H32N6O4. The van der Waals surface area contributed by atoms with Crippen molar-refractivity contribution in [2.75, 3.05) is 6.61 Å². The Labute approximate surface area is 209 Å². The van der Waals surface area contributed by atoms with Gasteiger partial charge in [0.05, 0.1) is 25.5 Å². The molecule has 10 heteroatoms. The fourth-order valence-electron chi connectivity index (χ4n) is 4.46. The van der Waals surface area contributed by atoms with Crippen molar-refractivity contribution in [1.29, 1.82) is 0 Å². The summed E-state index contributed by atoms with van der Waals surface area (Å²) in [5.74, 6) is 0.910. The number of benzene rings is 1. The van der Waals surface area contributed by atoms with Crippen LogP contribution in [0.4, 0.5) is 0 Å². The van der Waals surface area contributed by atoms with Gasteiger partial charge in [0, 0.05) is 17.6 Å². The third-order valence-electron chi connectivity index (χ3n) is 6.14. The van der Waals surface area contributed by atoms with Gasteiger partial charge in [-0.05, 0) is 71.0 Å². The van der Waals surface area contributed by atoms with Crippen LogP contribution in [0.1, 0.15) is 56.4 Å². The SMILES string of the molecule is CCOC(=O)Cn1nnnc1[C@H](C(C)C)N(Cc1ccco1)Cc1cc2cc(CC)ccc2[nH]c1=O. The van der Waals surface area contributed by atoms with Crippen LogP contribution < -0.4 is 5.56 Å². The second-order valence-corrected chi connectivity index (χ2v) is 9.07. The first-order valence-electron chi connectivity index (χ1n) is 12.2. The quantitative estimate of drug-likeness (QED) is 0.315. The number of rotatable bonds is 11. The van der Waals surface area contributed by atoms with Crippen LogP contribution in [0.3, 0.4) is 0 Å². The van der Waals surface area contributed by atoms with Gasteiger partial charge in [0.25, 0.3) is 5.56 Å². The highest BCUT2D eigenvalue weighted by Gasteiger charge is 2.31. The number of tetrazole rings is 1. The van der Waals surface area contributed by atoms with E-state index in [0.717, 1.165) is 23.1 Å². The number of pyridine rings is 1. The molecule has 10 nitrogen and oxygen atoms in total. The van der Waals surface area contributed by atoms with E-state index in [1.165, 1.54) is 10.2 Å². The number of nitrogens with one attached hydrogen (secondary N) is 1. The van der Waals surface area contributed by atoms with Crippen LogP contribution in [0.5, 0.6) is 0 Å². The van der Waals surface area contributed by atoms with Crippen LogP contribution in [0.25, 0.3) is 10.9 Å². The molecule has 0 fully saturated rings. The predicted molar refractivity (Wildman–Crippen MR) is 134 cm³/mol. The molecule has 0 aliphatic rings. The fourth-order valence-corrected chi connectivity index (χ4v) is 4.46. The van der Waals surface area contributed by atoms with Crippen molar-refractivity contribution in [3.63, 3.8) is 0 Å². The van der Waals surface area contributed by atoms with Gasteiger partial charge in [-0.1, -0.05) is 26.8 Å². The number of nitrogens with zero attached hydrogens (tertiary/aromatic N) is 5. The predicted octanol–water partition coefficient (Wildman–Crippen LogP) is 3.63. The first-order chi connectivity index (χ1) is 17.4. The van der Waals surface area contributed by atoms with E-state index in [4.69, 9.17) is 9.15 Å². The lowest BCUT2D eigenvalue weighted by Gasteiger charge is -2.32. The summed E-state index contributed by atoms with van der Waals surface area (Å²) in [4.78, 5) is 30.4. The lowest BCUT2D eigenvalue weighted by Crippen LogP contribution is -2.35. The lowest BCUT2D eigenvalue weighted by molar-refractivity contribution is -0.144. The van der Waals surface area contributed by atoms with Crippen molar-refractivity contribution < 1.29 is 13.9 Å². The molecule has 0 amide bonds. The molecule has 0 aliphatic heterocycles.